The molecular formula is C15H17ClN2O. The van der Waals surface area contributed by atoms with Crippen molar-refractivity contribution in [2.24, 2.45) is 5.41 Å². The van der Waals surface area contributed by atoms with Gasteiger partial charge in [0.2, 0.25) is 0 Å². The Kier molecular flexibility index (Phi) is 3.11. The zero-order chi connectivity index (χ0) is 13.5. The van der Waals surface area contributed by atoms with E-state index in [0.717, 1.165) is 30.3 Å². The molecule has 1 atom stereocenters. The summed E-state index contributed by atoms with van der Waals surface area (Å²) >= 11 is 5.94. The number of nitrogens with zero attached hydrogens (tertiary/aromatic N) is 2. The maximum Gasteiger partial charge on any atom is 0.129 e. The SMILES string of the molecule is CC1(CO)CCN(c2ccc3cnc(Cl)cc3c2)C1. The van der Waals surface area contributed by atoms with Gasteiger partial charge in [-0.05, 0) is 30.0 Å². The second kappa shape index (κ2) is 4.66. The van der Waals surface area contributed by atoms with Crippen LogP contribution in [0.1, 0.15) is 13.3 Å². The van der Waals surface area contributed by atoms with Gasteiger partial charge in [-0.25, -0.2) is 4.98 Å². The number of rotatable bonds is 2. The first-order valence-electron chi connectivity index (χ1n) is 6.51. The Hall–Kier alpha value is -1.32. The lowest BCUT2D eigenvalue weighted by Crippen LogP contribution is -2.27. The smallest absolute Gasteiger partial charge is 0.129 e. The molecule has 4 heteroatoms. The van der Waals surface area contributed by atoms with Crippen LogP contribution in [-0.4, -0.2) is 29.8 Å². The maximum atomic E-state index is 9.45. The third-order valence-corrected chi connectivity index (χ3v) is 4.18. The Morgan fingerprint density at radius 3 is 2.95 bits per heavy atom. The molecule has 1 aromatic carbocycles. The second-order valence-electron chi connectivity index (χ2n) is 5.68. The summed E-state index contributed by atoms with van der Waals surface area (Å²) < 4.78 is 0. The summed E-state index contributed by atoms with van der Waals surface area (Å²) in [6, 6.07) is 8.22. The van der Waals surface area contributed by atoms with Crippen LogP contribution in [0.25, 0.3) is 10.8 Å². The summed E-state index contributed by atoms with van der Waals surface area (Å²) in [5.74, 6) is 0. The molecule has 0 radical (unpaired) electrons. The van der Waals surface area contributed by atoms with Crippen LogP contribution in [0.5, 0.6) is 0 Å². The molecule has 1 saturated heterocycles. The first kappa shape index (κ1) is 12.7. The number of aromatic nitrogens is 1. The monoisotopic (exact) mass is 276 g/mol. The molecule has 1 aliphatic heterocycles. The van der Waals surface area contributed by atoms with E-state index in [1.165, 1.54) is 5.69 Å². The highest BCUT2D eigenvalue weighted by atomic mass is 35.5. The van der Waals surface area contributed by atoms with Crippen LogP contribution in [0.4, 0.5) is 5.69 Å². The zero-order valence-corrected chi connectivity index (χ0v) is 11.7. The van der Waals surface area contributed by atoms with Crippen molar-refractivity contribution in [1.29, 1.82) is 0 Å². The van der Waals surface area contributed by atoms with Crippen LogP contribution in [0.2, 0.25) is 5.15 Å². The van der Waals surface area contributed by atoms with Gasteiger partial charge in [-0.15, -0.1) is 0 Å². The number of fused-ring (bicyclic) bond motifs is 1. The number of anilines is 1. The molecule has 3 nitrogen and oxygen atoms in total. The number of hydrogen-bond acceptors (Lipinski definition) is 3. The van der Waals surface area contributed by atoms with Gasteiger partial charge in [0.15, 0.2) is 0 Å². The first-order chi connectivity index (χ1) is 9.09. The number of halogens is 1. The summed E-state index contributed by atoms with van der Waals surface area (Å²) in [4.78, 5) is 6.41. The average molecular weight is 277 g/mol. The van der Waals surface area contributed by atoms with Gasteiger partial charge in [-0.1, -0.05) is 24.6 Å². The molecule has 0 bridgehead atoms. The third-order valence-electron chi connectivity index (χ3n) is 3.98. The first-order valence-corrected chi connectivity index (χ1v) is 6.89. The molecule has 0 spiro atoms. The van der Waals surface area contributed by atoms with E-state index in [9.17, 15) is 5.11 Å². The summed E-state index contributed by atoms with van der Waals surface area (Å²) in [7, 11) is 0. The van der Waals surface area contributed by atoms with Crippen molar-refractivity contribution in [1.82, 2.24) is 4.98 Å². The second-order valence-corrected chi connectivity index (χ2v) is 6.07. The van der Waals surface area contributed by atoms with E-state index >= 15 is 0 Å². The normalized spacial score (nSPS) is 23.2. The van der Waals surface area contributed by atoms with Gasteiger partial charge in [-0.2, -0.15) is 0 Å². The molecule has 100 valence electrons. The fourth-order valence-corrected chi connectivity index (χ4v) is 2.84. The van der Waals surface area contributed by atoms with E-state index in [-0.39, 0.29) is 12.0 Å². The van der Waals surface area contributed by atoms with Crippen LogP contribution in [-0.2, 0) is 0 Å². The molecule has 1 N–H and O–H groups in total. The molecule has 1 aliphatic rings. The lowest BCUT2D eigenvalue weighted by atomic mass is 9.91. The van der Waals surface area contributed by atoms with Gasteiger partial charge in [0.25, 0.3) is 0 Å². The minimum Gasteiger partial charge on any atom is -0.396 e. The van der Waals surface area contributed by atoms with Crippen molar-refractivity contribution < 1.29 is 5.11 Å². The fraction of sp³-hybridized carbons (Fsp3) is 0.400. The lowest BCUT2D eigenvalue weighted by molar-refractivity contribution is 0.162. The number of aliphatic hydroxyl groups is 1. The number of hydrogen-bond donors (Lipinski definition) is 1. The Labute approximate surface area is 117 Å². The van der Waals surface area contributed by atoms with Gasteiger partial charge in [0, 0.05) is 35.8 Å². The molecule has 19 heavy (non-hydrogen) atoms. The van der Waals surface area contributed by atoms with E-state index in [2.05, 4.69) is 35.0 Å². The van der Waals surface area contributed by atoms with Crippen LogP contribution in [0.15, 0.2) is 30.5 Å². The zero-order valence-electron chi connectivity index (χ0n) is 10.9. The molecule has 0 amide bonds. The predicted molar refractivity (Wildman–Crippen MR) is 78.8 cm³/mol. The predicted octanol–water partition coefficient (Wildman–Crippen LogP) is 3.10. The van der Waals surface area contributed by atoms with Crippen molar-refractivity contribution in [2.75, 3.05) is 24.6 Å². The minimum atomic E-state index is 0.0187. The number of aliphatic hydroxyl groups excluding tert-OH is 1. The van der Waals surface area contributed by atoms with E-state index in [4.69, 9.17) is 11.6 Å². The molecular weight excluding hydrogens is 260 g/mol. The Morgan fingerprint density at radius 2 is 2.21 bits per heavy atom. The van der Waals surface area contributed by atoms with Crippen molar-refractivity contribution in [3.05, 3.63) is 35.6 Å². The standard InChI is InChI=1S/C15H17ClN2O/c1-15(10-19)4-5-18(9-15)13-3-2-11-8-17-14(16)7-12(11)6-13/h2-3,6-8,19H,4-5,9-10H2,1H3. The van der Waals surface area contributed by atoms with E-state index in [0.29, 0.717) is 5.15 Å². The molecule has 2 aromatic rings. The lowest BCUT2D eigenvalue weighted by Gasteiger charge is -2.23. The average Bonchev–Trinajstić information content (AvgIpc) is 2.81. The number of pyridine rings is 1. The Balaban J connectivity index is 1.94. The molecule has 0 aliphatic carbocycles. The summed E-state index contributed by atoms with van der Waals surface area (Å²) in [5, 5.41) is 12.2. The van der Waals surface area contributed by atoms with Crippen LogP contribution in [0, 0.1) is 5.41 Å². The largest absolute Gasteiger partial charge is 0.396 e. The molecule has 3 rings (SSSR count). The Bertz CT molecular complexity index is 616. The quantitative estimate of drug-likeness (QED) is 0.857. The summed E-state index contributed by atoms with van der Waals surface area (Å²) in [5.41, 5.74) is 1.21. The molecule has 0 saturated carbocycles. The Morgan fingerprint density at radius 1 is 1.37 bits per heavy atom. The number of benzene rings is 1. The van der Waals surface area contributed by atoms with Crippen molar-refractivity contribution >= 4 is 28.1 Å². The summed E-state index contributed by atoms with van der Waals surface area (Å²) in [6.45, 7) is 4.26. The van der Waals surface area contributed by atoms with Gasteiger partial charge in [0.05, 0.1) is 6.61 Å². The molecule has 1 unspecified atom stereocenters. The van der Waals surface area contributed by atoms with Gasteiger partial charge >= 0.3 is 0 Å². The highest BCUT2D eigenvalue weighted by molar-refractivity contribution is 6.30. The molecule has 1 fully saturated rings. The van der Waals surface area contributed by atoms with Crippen LogP contribution >= 0.6 is 11.6 Å². The highest BCUT2D eigenvalue weighted by Crippen LogP contribution is 2.33. The topological polar surface area (TPSA) is 36.4 Å². The van der Waals surface area contributed by atoms with E-state index < -0.39 is 0 Å². The third kappa shape index (κ3) is 2.40. The van der Waals surface area contributed by atoms with Crippen molar-refractivity contribution in [2.45, 2.75) is 13.3 Å². The van der Waals surface area contributed by atoms with Crippen LogP contribution in [0.3, 0.4) is 0 Å². The fourth-order valence-electron chi connectivity index (χ4n) is 2.67. The maximum absolute atomic E-state index is 9.45. The molecule has 2 heterocycles. The van der Waals surface area contributed by atoms with E-state index in [1.54, 1.807) is 6.20 Å². The molecule has 1 aromatic heterocycles. The van der Waals surface area contributed by atoms with Crippen molar-refractivity contribution in [3.63, 3.8) is 0 Å². The van der Waals surface area contributed by atoms with Gasteiger partial charge in [-0.3, -0.25) is 0 Å². The van der Waals surface area contributed by atoms with Crippen LogP contribution < -0.4 is 4.90 Å². The van der Waals surface area contributed by atoms with Gasteiger partial charge < -0.3 is 10.0 Å². The van der Waals surface area contributed by atoms with E-state index in [1.807, 2.05) is 6.07 Å². The van der Waals surface area contributed by atoms with Crippen molar-refractivity contribution in [3.8, 4) is 0 Å². The summed E-state index contributed by atoms with van der Waals surface area (Å²) in [6.07, 6.45) is 2.82. The minimum absolute atomic E-state index is 0.0187. The van der Waals surface area contributed by atoms with Gasteiger partial charge in [0.1, 0.15) is 5.15 Å². The highest BCUT2D eigenvalue weighted by Gasteiger charge is 2.33.